The summed E-state index contributed by atoms with van der Waals surface area (Å²) in [5, 5.41) is 2.35. The minimum atomic E-state index is -4.54. The summed E-state index contributed by atoms with van der Waals surface area (Å²) >= 11 is 0. The molecule has 0 saturated carbocycles. The molecule has 1 amide bonds. The molecule has 1 rings (SSSR count). The van der Waals surface area contributed by atoms with Crippen LogP contribution in [0.3, 0.4) is 0 Å². The first-order valence-corrected chi connectivity index (χ1v) is 6.06. The number of nitrogens with two attached hydrogens (primary N) is 1. The second kappa shape index (κ2) is 8.82. The van der Waals surface area contributed by atoms with Gasteiger partial charge in [0.2, 0.25) is 5.91 Å². The Balaban J connectivity index is 0.00000441. The maximum Gasteiger partial charge on any atom is 0.416 e. The number of ether oxygens (including phenoxy) is 2. The van der Waals surface area contributed by atoms with Gasteiger partial charge < -0.3 is 20.5 Å². The van der Waals surface area contributed by atoms with Crippen LogP contribution in [0, 0.1) is 0 Å². The van der Waals surface area contributed by atoms with Crippen LogP contribution >= 0.6 is 12.4 Å². The van der Waals surface area contributed by atoms with E-state index in [0.29, 0.717) is 0 Å². The number of nitrogens with one attached hydrogen (secondary N) is 1. The van der Waals surface area contributed by atoms with E-state index in [4.69, 9.17) is 15.2 Å². The van der Waals surface area contributed by atoms with Gasteiger partial charge in [-0.15, -0.1) is 12.4 Å². The molecule has 0 aromatic heterocycles. The molecule has 9 heteroatoms. The molecule has 1 aromatic rings. The van der Waals surface area contributed by atoms with Gasteiger partial charge in [0.25, 0.3) is 0 Å². The lowest BCUT2D eigenvalue weighted by molar-refractivity contribution is -0.138. The largest absolute Gasteiger partial charge is 0.497 e. The van der Waals surface area contributed by atoms with Crippen molar-refractivity contribution in [3.05, 3.63) is 29.3 Å². The number of benzene rings is 1. The van der Waals surface area contributed by atoms with Crippen LogP contribution in [0.15, 0.2) is 18.2 Å². The number of carbonyl (C=O) groups is 1. The Kier molecular flexibility index (Phi) is 8.21. The molecule has 0 bridgehead atoms. The van der Waals surface area contributed by atoms with Crippen molar-refractivity contribution >= 4 is 18.3 Å². The highest BCUT2D eigenvalue weighted by molar-refractivity contribution is 5.85. The van der Waals surface area contributed by atoms with E-state index in [-0.39, 0.29) is 36.9 Å². The molecular formula is C13H18ClF3N2O3. The summed E-state index contributed by atoms with van der Waals surface area (Å²) in [6.45, 7) is -0.296. The molecule has 0 radical (unpaired) electrons. The predicted octanol–water partition coefficient (Wildman–Crippen LogP) is 1.73. The maximum atomic E-state index is 13.0. The Morgan fingerprint density at radius 3 is 2.50 bits per heavy atom. The van der Waals surface area contributed by atoms with Gasteiger partial charge in [0, 0.05) is 13.7 Å². The van der Waals surface area contributed by atoms with E-state index in [1.807, 2.05) is 0 Å². The van der Waals surface area contributed by atoms with E-state index in [2.05, 4.69) is 5.32 Å². The Morgan fingerprint density at radius 2 is 2.00 bits per heavy atom. The van der Waals surface area contributed by atoms with Gasteiger partial charge in [-0.2, -0.15) is 13.2 Å². The molecule has 1 unspecified atom stereocenters. The van der Waals surface area contributed by atoms with E-state index in [0.717, 1.165) is 6.07 Å². The fourth-order valence-corrected chi connectivity index (χ4v) is 1.67. The summed E-state index contributed by atoms with van der Waals surface area (Å²) in [4.78, 5) is 11.6. The minimum Gasteiger partial charge on any atom is -0.497 e. The van der Waals surface area contributed by atoms with Crippen molar-refractivity contribution in [2.45, 2.75) is 18.8 Å². The summed E-state index contributed by atoms with van der Waals surface area (Å²) in [5.41, 5.74) is 4.56. The molecule has 1 aromatic carbocycles. The van der Waals surface area contributed by atoms with Crippen LogP contribution in [-0.2, 0) is 22.3 Å². The molecule has 5 nitrogen and oxygen atoms in total. The third kappa shape index (κ3) is 5.70. The van der Waals surface area contributed by atoms with Crippen LogP contribution in [0.25, 0.3) is 0 Å². The maximum absolute atomic E-state index is 13.0. The molecule has 0 aliphatic heterocycles. The molecule has 0 fully saturated rings. The van der Waals surface area contributed by atoms with Gasteiger partial charge in [-0.25, -0.2) is 0 Å². The lowest BCUT2D eigenvalue weighted by atomic mass is 10.1. The molecular weight excluding hydrogens is 325 g/mol. The van der Waals surface area contributed by atoms with E-state index in [1.54, 1.807) is 0 Å². The summed E-state index contributed by atoms with van der Waals surface area (Å²) < 4.78 is 48.3. The number of carbonyl (C=O) groups excluding carboxylic acids is 1. The third-order valence-electron chi connectivity index (χ3n) is 2.76. The van der Waals surface area contributed by atoms with E-state index in [9.17, 15) is 18.0 Å². The first-order chi connectivity index (χ1) is 9.79. The van der Waals surface area contributed by atoms with Crippen LogP contribution in [-0.4, -0.2) is 32.8 Å². The zero-order valence-corrected chi connectivity index (χ0v) is 12.9. The van der Waals surface area contributed by atoms with Crippen LogP contribution in [0.2, 0.25) is 0 Å². The smallest absolute Gasteiger partial charge is 0.416 e. The van der Waals surface area contributed by atoms with Gasteiger partial charge in [0.15, 0.2) is 0 Å². The Bertz CT molecular complexity index is 498. The number of methoxy groups -OCH3 is 2. The first-order valence-electron chi connectivity index (χ1n) is 6.06. The van der Waals surface area contributed by atoms with Crippen molar-refractivity contribution in [3.8, 4) is 5.75 Å². The van der Waals surface area contributed by atoms with Gasteiger partial charge in [-0.1, -0.05) is 6.07 Å². The highest BCUT2D eigenvalue weighted by atomic mass is 35.5. The van der Waals surface area contributed by atoms with Crippen molar-refractivity contribution in [1.82, 2.24) is 5.32 Å². The minimum absolute atomic E-state index is 0. The number of amides is 1. The molecule has 22 heavy (non-hydrogen) atoms. The monoisotopic (exact) mass is 342 g/mol. The lowest BCUT2D eigenvalue weighted by Gasteiger charge is -2.16. The molecule has 3 N–H and O–H groups in total. The standard InChI is InChI=1S/C13H17F3N2O3.ClH/c1-20-7-11(17)12(19)18-6-8-3-4-9(21-2)5-10(8)13(14,15)16;/h3-5,11H,6-7,17H2,1-2H3,(H,18,19);1H. The zero-order chi connectivity index (χ0) is 16.0. The molecule has 0 spiro atoms. The van der Waals surface area contributed by atoms with E-state index in [1.165, 1.54) is 26.4 Å². The summed E-state index contributed by atoms with van der Waals surface area (Å²) in [6.07, 6.45) is -4.54. The number of halogens is 4. The molecule has 0 heterocycles. The molecule has 126 valence electrons. The van der Waals surface area contributed by atoms with Crippen molar-refractivity contribution in [2.75, 3.05) is 20.8 Å². The fourth-order valence-electron chi connectivity index (χ4n) is 1.67. The predicted molar refractivity (Wildman–Crippen MR) is 76.9 cm³/mol. The Hall–Kier alpha value is -1.51. The topological polar surface area (TPSA) is 73.6 Å². The number of alkyl halides is 3. The molecule has 0 aliphatic rings. The summed E-state index contributed by atoms with van der Waals surface area (Å²) in [7, 11) is 2.65. The average Bonchev–Trinajstić information content (AvgIpc) is 2.43. The third-order valence-corrected chi connectivity index (χ3v) is 2.76. The average molecular weight is 343 g/mol. The van der Waals surface area contributed by atoms with Gasteiger partial charge >= 0.3 is 6.18 Å². The van der Waals surface area contributed by atoms with Crippen molar-refractivity contribution in [1.29, 1.82) is 0 Å². The van der Waals surface area contributed by atoms with Gasteiger partial charge in [-0.3, -0.25) is 4.79 Å². The van der Waals surface area contributed by atoms with Crippen molar-refractivity contribution < 1.29 is 27.4 Å². The number of hydrogen-bond acceptors (Lipinski definition) is 4. The summed E-state index contributed by atoms with van der Waals surface area (Å²) in [5.74, 6) is -0.491. The Labute approximate surface area is 132 Å². The fraction of sp³-hybridized carbons (Fsp3) is 0.462. The van der Waals surface area contributed by atoms with Gasteiger partial charge in [0.1, 0.15) is 11.8 Å². The van der Waals surface area contributed by atoms with E-state index < -0.39 is 23.7 Å². The lowest BCUT2D eigenvalue weighted by Crippen LogP contribution is -2.43. The zero-order valence-electron chi connectivity index (χ0n) is 12.1. The van der Waals surface area contributed by atoms with Crippen LogP contribution in [0.1, 0.15) is 11.1 Å². The first kappa shape index (κ1) is 20.5. The van der Waals surface area contributed by atoms with Crippen LogP contribution < -0.4 is 15.8 Å². The van der Waals surface area contributed by atoms with Gasteiger partial charge in [0.05, 0.1) is 19.3 Å². The van der Waals surface area contributed by atoms with Crippen molar-refractivity contribution in [3.63, 3.8) is 0 Å². The second-order valence-corrected chi connectivity index (χ2v) is 4.30. The van der Waals surface area contributed by atoms with E-state index >= 15 is 0 Å². The van der Waals surface area contributed by atoms with Crippen LogP contribution in [0.5, 0.6) is 5.75 Å². The molecule has 1 atom stereocenters. The number of rotatable bonds is 6. The van der Waals surface area contributed by atoms with Gasteiger partial charge in [-0.05, 0) is 17.7 Å². The van der Waals surface area contributed by atoms with Crippen molar-refractivity contribution in [2.24, 2.45) is 5.73 Å². The molecule has 0 saturated heterocycles. The molecule has 0 aliphatic carbocycles. The second-order valence-electron chi connectivity index (χ2n) is 4.30. The SMILES string of the molecule is COCC(N)C(=O)NCc1ccc(OC)cc1C(F)(F)F.Cl. The summed E-state index contributed by atoms with van der Waals surface area (Å²) in [6, 6.07) is 2.61. The quantitative estimate of drug-likeness (QED) is 0.825. The Morgan fingerprint density at radius 1 is 1.36 bits per heavy atom. The van der Waals surface area contributed by atoms with Crippen LogP contribution in [0.4, 0.5) is 13.2 Å². The highest BCUT2D eigenvalue weighted by Gasteiger charge is 2.33. The highest BCUT2D eigenvalue weighted by Crippen LogP contribution is 2.34. The normalized spacial score (nSPS) is 12.3. The number of hydrogen-bond donors (Lipinski definition) is 2.